The average molecular weight is 380 g/mol. The van der Waals surface area contributed by atoms with Crippen LogP contribution in [0.5, 0.6) is 5.75 Å². The van der Waals surface area contributed by atoms with E-state index in [0.29, 0.717) is 16.9 Å². The molecular formula is C20H16N2O6. The number of nitrogens with zero attached hydrogens (tertiary/aromatic N) is 2. The Balaban J connectivity index is 2.00. The third-order valence-corrected chi connectivity index (χ3v) is 4.23. The Hall–Kier alpha value is -3.94. The van der Waals surface area contributed by atoms with Crippen LogP contribution in [0.25, 0.3) is 11.1 Å². The van der Waals surface area contributed by atoms with Crippen LogP contribution < -0.4 is 10.3 Å². The first-order valence-corrected chi connectivity index (χ1v) is 8.24. The minimum atomic E-state index is -1.17. The number of hydrogen-bond donors (Lipinski definition) is 1. The molecule has 0 aliphatic carbocycles. The molecule has 0 fully saturated rings. The molecule has 0 unspecified atom stereocenters. The number of carboxylic acid groups (broad SMARTS) is 1. The molecule has 1 heterocycles. The van der Waals surface area contributed by atoms with E-state index in [1.807, 2.05) is 0 Å². The van der Waals surface area contributed by atoms with Crippen molar-refractivity contribution in [2.45, 2.75) is 6.54 Å². The lowest BCUT2D eigenvalue weighted by molar-refractivity contribution is -0.384. The van der Waals surface area contributed by atoms with Crippen molar-refractivity contribution < 1.29 is 19.6 Å². The number of rotatable bonds is 6. The molecular weight excluding hydrogens is 364 g/mol. The van der Waals surface area contributed by atoms with Gasteiger partial charge in [-0.15, -0.1) is 0 Å². The fourth-order valence-electron chi connectivity index (χ4n) is 2.83. The molecule has 28 heavy (non-hydrogen) atoms. The highest BCUT2D eigenvalue weighted by molar-refractivity contribution is 5.87. The second-order valence-corrected chi connectivity index (χ2v) is 6.03. The van der Waals surface area contributed by atoms with Gasteiger partial charge < -0.3 is 14.4 Å². The van der Waals surface area contributed by atoms with Crippen LogP contribution in [0.2, 0.25) is 0 Å². The predicted molar refractivity (Wildman–Crippen MR) is 102 cm³/mol. The quantitative estimate of drug-likeness (QED) is 0.519. The van der Waals surface area contributed by atoms with Crippen molar-refractivity contribution in [3.8, 4) is 16.9 Å². The molecule has 3 rings (SSSR count). The summed E-state index contributed by atoms with van der Waals surface area (Å²) in [5.74, 6) is -0.625. The summed E-state index contributed by atoms with van der Waals surface area (Å²) in [6.07, 6.45) is 1.42. The number of aromatic carboxylic acids is 1. The maximum atomic E-state index is 12.1. The van der Waals surface area contributed by atoms with Gasteiger partial charge in [-0.05, 0) is 29.3 Å². The average Bonchev–Trinajstić information content (AvgIpc) is 2.69. The molecule has 0 amide bonds. The van der Waals surface area contributed by atoms with Crippen LogP contribution in [0.3, 0.4) is 0 Å². The molecule has 1 N–H and O–H groups in total. The van der Waals surface area contributed by atoms with Crippen molar-refractivity contribution in [2.24, 2.45) is 0 Å². The Bertz CT molecular complexity index is 1120. The fraction of sp³-hybridized carbons (Fsp3) is 0.100. The van der Waals surface area contributed by atoms with Crippen molar-refractivity contribution in [3.63, 3.8) is 0 Å². The summed E-state index contributed by atoms with van der Waals surface area (Å²) in [5, 5.41) is 20.0. The first-order chi connectivity index (χ1) is 13.4. The second-order valence-electron chi connectivity index (χ2n) is 6.03. The van der Waals surface area contributed by atoms with E-state index in [0.717, 1.165) is 11.6 Å². The van der Waals surface area contributed by atoms with E-state index in [4.69, 9.17) is 9.84 Å². The van der Waals surface area contributed by atoms with Gasteiger partial charge in [0.05, 0.1) is 24.1 Å². The van der Waals surface area contributed by atoms with Gasteiger partial charge in [0.1, 0.15) is 5.75 Å². The highest BCUT2D eigenvalue weighted by Crippen LogP contribution is 2.33. The van der Waals surface area contributed by atoms with E-state index < -0.39 is 16.5 Å². The lowest BCUT2D eigenvalue weighted by Crippen LogP contribution is -2.20. The van der Waals surface area contributed by atoms with E-state index in [9.17, 15) is 19.7 Å². The van der Waals surface area contributed by atoms with Gasteiger partial charge in [0.15, 0.2) is 0 Å². The van der Waals surface area contributed by atoms with Crippen molar-refractivity contribution in [1.29, 1.82) is 0 Å². The number of nitro groups is 1. The summed E-state index contributed by atoms with van der Waals surface area (Å²) in [4.78, 5) is 33.7. The minimum Gasteiger partial charge on any atom is -0.496 e. The molecule has 0 saturated carbocycles. The smallest absolute Gasteiger partial charge is 0.335 e. The maximum absolute atomic E-state index is 12.1. The maximum Gasteiger partial charge on any atom is 0.335 e. The largest absolute Gasteiger partial charge is 0.496 e. The molecule has 3 aromatic rings. The van der Waals surface area contributed by atoms with E-state index in [1.165, 1.54) is 36.1 Å². The Morgan fingerprint density at radius 3 is 2.61 bits per heavy atom. The van der Waals surface area contributed by atoms with Crippen molar-refractivity contribution >= 4 is 11.7 Å². The zero-order valence-electron chi connectivity index (χ0n) is 14.9. The first kappa shape index (κ1) is 18.8. The van der Waals surface area contributed by atoms with Gasteiger partial charge in [-0.25, -0.2) is 4.79 Å². The molecule has 142 valence electrons. The molecule has 0 atom stereocenters. The monoisotopic (exact) mass is 380 g/mol. The number of non-ortho nitro benzene ring substituents is 1. The summed E-state index contributed by atoms with van der Waals surface area (Å²) >= 11 is 0. The van der Waals surface area contributed by atoms with Crippen LogP contribution in [0, 0.1) is 10.1 Å². The summed E-state index contributed by atoms with van der Waals surface area (Å²) in [7, 11) is 1.50. The number of aromatic nitrogens is 1. The zero-order chi connectivity index (χ0) is 20.3. The molecule has 1 aromatic heterocycles. The van der Waals surface area contributed by atoms with E-state index in [1.54, 1.807) is 30.3 Å². The molecule has 8 nitrogen and oxygen atoms in total. The summed E-state index contributed by atoms with van der Waals surface area (Å²) in [6.45, 7) is 0.213. The molecule has 0 bridgehead atoms. The minimum absolute atomic E-state index is 0.0366. The van der Waals surface area contributed by atoms with Gasteiger partial charge in [-0.3, -0.25) is 14.9 Å². The van der Waals surface area contributed by atoms with Gasteiger partial charge in [0, 0.05) is 30.0 Å². The van der Waals surface area contributed by atoms with E-state index >= 15 is 0 Å². The molecule has 0 spiro atoms. The lowest BCUT2D eigenvalue weighted by Gasteiger charge is -2.12. The van der Waals surface area contributed by atoms with E-state index in [-0.39, 0.29) is 17.8 Å². The lowest BCUT2D eigenvalue weighted by atomic mass is 10.0. The first-order valence-electron chi connectivity index (χ1n) is 8.24. The zero-order valence-corrected chi connectivity index (χ0v) is 14.9. The van der Waals surface area contributed by atoms with Gasteiger partial charge in [-0.2, -0.15) is 0 Å². The van der Waals surface area contributed by atoms with Crippen molar-refractivity contribution in [3.05, 3.63) is 92.4 Å². The van der Waals surface area contributed by atoms with E-state index in [2.05, 4.69) is 0 Å². The molecule has 0 aliphatic rings. The number of ether oxygens (including phenoxy) is 1. The third kappa shape index (κ3) is 3.90. The number of nitro benzene ring substituents is 1. The predicted octanol–water partition coefficient (Wildman–Crippen LogP) is 3.18. The topological polar surface area (TPSA) is 112 Å². The summed E-state index contributed by atoms with van der Waals surface area (Å²) < 4.78 is 6.75. The Morgan fingerprint density at radius 2 is 1.96 bits per heavy atom. The summed E-state index contributed by atoms with van der Waals surface area (Å²) in [6, 6.07) is 13.9. The Kier molecular flexibility index (Phi) is 5.21. The van der Waals surface area contributed by atoms with Gasteiger partial charge in [0.25, 0.3) is 11.2 Å². The molecule has 0 saturated heterocycles. The number of benzene rings is 2. The van der Waals surface area contributed by atoms with Crippen LogP contribution in [-0.2, 0) is 6.54 Å². The third-order valence-electron chi connectivity index (χ3n) is 4.23. The normalized spacial score (nSPS) is 10.5. The van der Waals surface area contributed by atoms with Gasteiger partial charge in [-0.1, -0.05) is 18.2 Å². The number of hydrogen-bond acceptors (Lipinski definition) is 5. The van der Waals surface area contributed by atoms with Crippen LogP contribution in [0.4, 0.5) is 5.69 Å². The number of carboxylic acids is 1. The SMILES string of the molecule is COc1ccc(Cn2ccc(C(=O)O)cc2=O)cc1-c1cccc([N+](=O)[O-])c1. The highest BCUT2D eigenvalue weighted by Gasteiger charge is 2.12. The standard InChI is InChI=1S/C20H16N2O6/c1-28-18-6-5-13(12-21-8-7-15(20(24)25)11-19(21)23)9-17(18)14-3-2-4-16(10-14)22(26)27/h2-11H,12H2,1H3,(H,24,25). The van der Waals surface area contributed by atoms with Crippen LogP contribution in [0.15, 0.2) is 65.6 Å². The van der Waals surface area contributed by atoms with Crippen molar-refractivity contribution in [1.82, 2.24) is 4.57 Å². The van der Waals surface area contributed by atoms with Gasteiger partial charge in [0.2, 0.25) is 0 Å². The fourth-order valence-corrected chi connectivity index (χ4v) is 2.83. The summed E-state index contributed by atoms with van der Waals surface area (Å²) in [5.41, 5.74) is 1.47. The number of carbonyl (C=O) groups is 1. The number of pyridine rings is 1. The molecule has 2 aromatic carbocycles. The highest BCUT2D eigenvalue weighted by atomic mass is 16.6. The second kappa shape index (κ2) is 7.75. The Labute approximate surface area is 159 Å². The Morgan fingerprint density at radius 1 is 1.18 bits per heavy atom. The molecule has 0 aliphatic heterocycles. The van der Waals surface area contributed by atoms with Gasteiger partial charge >= 0.3 is 5.97 Å². The van der Waals surface area contributed by atoms with Crippen molar-refractivity contribution in [2.75, 3.05) is 7.11 Å². The van der Waals surface area contributed by atoms with Crippen LogP contribution in [-0.4, -0.2) is 27.7 Å². The van der Waals surface area contributed by atoms with Crippen LogP contribution in [0.1, 0.15) is 15.9 Å². The molecule has 0 radical (unpaired) electrons. The molecule has 8 heteroatoms. The van der Waals surface area contributed by atoms with Crippen LogP contribution >= 0.6 is 0 Å². The number of methoxy groups -OCH3 is 1.